The molecule has 2 unspecified atom stereocenters. The van der Waals surface area contributed by atoms with Crippen LogP contribution in [0, 0.1) is 10.8 Å². The summed E-state index contributed by atoms with van der Waals surface area (Å²) in [6.45, 7) is 14.5. The van der Waals surface area contributed by atoms with Crippen molar-refractivity contribution < 1.29 is 0 Å². The molecule has 0 spiro atoms. The molecule has 0 aliphatic heterocycles. The lowest BCUT2D eigenvalue weighted by Crippen LogP contribution is -2.22. The molecule has 0 amide bonds. The van der Waals surface area contributed by atoms with Gasteiger partial charge in [0.25, 0.3) is 0 Å². The summed E-state index contributed by atoms with van der Waals surface area (Å²) >= 11 is 0. The number of rotatable bonds is 9. The van der Waals surface area contributed by atoms with Crippen molar-refractivity contribution in [2.75, 3.05) is 0 Å². The Morgan fingerprint density at radius 2 is 1.12 bits per heavy atom. The van der Waals surface area contributed by atoms with E-state index in [1.807, 2.05) is 0 Å². The minimum atomic E-state index is 0.319. The summed E-state index contributed by atoms with van der Waals surface area (Å²) < 4.78 is 0. The smallest absolute Gasteiger partial charge is 0.0152 e. The molecule has 0 heterocycles. The highest BCUT2D eigenvalue weighted by molar-refractivity contribution is 5.21. The predicted molar refractivity (Wildman–Crippen MR) is 116 cm³/mol. The molecule has 0 nitrogen and oxygen atoms in total. The Kier molecular flexibility index (Phi) is 7.09. The fourth-order valence-corrected chi connectivity index (χ4v) is 4.32. The highest BCUT2D eigenvalue weighted by Gasteiger charge is 2.30. The maximum Gasteiger partial charge on any atom is -0.0152 e. The number of hydrogen-bond donors (Lipinski definition) is 0. The van der Waals surface area contributed by atoms with Gasteiger partial charge >= 0.3 is 0 Å². The molecule has 2 atom stereocenters. The average molecular weight is 351 g/mol. The first-order chi connectivity index (χ1) is 12.2. The molecule has 0 radical (unpaired) electrons. The van der Waals surface area contributed by atoms with Crippen molar-refractivity contribution in [3.63, 3.8) is 0 Å². The first kappa shape index (κ1) is 20.7. The van der Waals surface area contributed by atoms with E-state index in [-0.39, 0.29) is 0 Å². The summed E-state index contributed by atoms with van der Waals surface area (Å²) in [5.41, 5.74) is 3.68. The van der Waals surface area contributed by atoms with Crippen LogP contribution in [0.1, 0.15) is 90.2 Å². The van der Waals surface area contributed by atoms with E-state index in [4.69, 9.17) is 0 Å². The van der Waals surface area contributed by atoms with Gasteiger partial charge in [0, 0.05) is 0 Å². The summed E-state index contributed by atoms with van der Waals surface area (Å²) in [5, 5.41) is 0. The lowest BCUT2D eigenvalue weighted by atomic mass is 9.69. The van der Waals surface area contributed by atoms with Crippen LogP contribution in [0.3, 0.4) is 0 Å². The van der Waals surface area contributed by atoms with Crippen LogP contribution < -0.4 is 0 Å². The summed E-state index contributed by atoms with van der Waals surface area (Å²) in [7, 11) is 0. The van der Waals surface area contributed by atoms with Crippen molar-refractivity contribution in [3.8, 4) is 0 Å². The summed E-state index contributed by atoms with van der Waals surface area (Å²) in [5.74, 6) is 1.23. The van der Waals surface area contributed by atoms with E-state index in [1.165, 1.54) is 36.8 Å². The van der Waals surface area contributed by atoms with E-state index < -0.39 is 0 Å². The Morgan fingerprint density at radius 1 is 0.654 bits per heavy atom. The van der Waals surface area contributed by atoms with Gasteiger partial charge in [-0.1, -0.05) is 109 Å². The minimum Gasteiger partial charge on any atom is -0.0649 e. The second-order valence-electron chi connectivity index (χ2n) is 9.71. The van der Waals surface area contributed by atoms with Gasteiger partial charge in [-0.15, -0.1) is 0 Å². The highest BCUT2D eigenvalue weighted by Crippen LogP contribution is 2.44. The monoisotopic (exact) mass is 350 g/mol. The molecular formula is C26H38. The lowest BCUT2D eigenvalue weighted by molar-refractivity contribution is 0.215. The summed E-state index contributed by atoms with van der Waals surface area (Å²) in [4.78, 5) is 0. The van der Waals surface area contributed by atoms with Crippen LogP contribution in [0.4, 0.5) is 0 Å². The lowest BCUT2D eigenvalue weighted by Gasteiger charge is -2.36. The first-order valence-electron chi connectivity index (χ1n) is 10.3. The van der Waals surface area contributed by atoms with Crippen molar-refractivity contribution in [3.05, 3.63) is 71.8 Å². The molecule has 2 aromatic rings. The third-order valence-electron chi connectivity index (χ3n) is 6.05. The molecule has 0 aliphatic carbocycles. The maximum atomic E-state index is 2.46. The van der Waals surface area contributed by atoms with E-state index in [1.54, 1.807) is 0 Å². The van der Waals surface area contributed by atoms with Crippen LogP contribution in [0.25, 0.3) is 0 Å². The van der Waals surface area contributed by atoms with Gasteiger partial charge in [-0.2, -0.15) is 0 Å². The van der Waals surface area contributed by atoms with Crippen molar-refractivity contribution in [1.29, 1.82) is 0 Å². The van der Waals surface area contributed by atoms with Crippen LogP contribution in [0.5, 0.6) is 0 Å². The van der Waals surface area contributed by atoms with Crippen LogP contribution in [0.2, 0.25) is 0 Å². The molecule has 0 aliphatic rings. The highest BCUT2D eigenvalue weighted by atomic mass is 14.3. The van der Waals surface area contributed by atoms with Gasteiger partial charge in [0.1, 0.15) is 0 Å². The Bertz CT molecular complexity index is 636. The first-order valence-corrected chi connectivity index (χ1v) is 10.3. The molecule has 26 heavy (non-hydrogen) atoms. The van der Waals surface area contributed by atoms with Crippen molar-refractivity contribution in [1.82, 2.24) is 0 Å². The van der Waals surface area contributed by atoms with Gasteiger partial charge in [0.05, 0.1) is 0 Å². The van der Waals surface area contributed by atoms with Gasteiger partial charge in [-0.25, -0.2) is 0 Å². The molecule has 0 saturated heterocycles. The van der Waals surface area contributed by atoms with Crippen molar-refractivity contribution in [2.45, 2.75) is 79.1 Å². The molecule has 2 rings (SSSR count). The average Bonchev–Trinajstić information content (AvgIpc) is 2.62. The Balaban J connectivity index is 2.15. The second-order valence-corrected chi connectivity index (χ2v) is 9.71. The third kappa shape index (κ3) is 6.31. The van der Waals surface area contributed by atoms with Gasteiger partial charge in [-0.05, 0) is 53.1 Å². The van der Waals surface area contributed by atoms with Crippen LogP contribution >= 0.6 is 0 Å². The Morgan fingerprint density at radius 3 is 1.62 bits per heavy atom. The largest absolute Gasteiger partial charge is 0.0649 e. The zero-order chi connectivity index (χ0) is 19.2. The van der Waals surface area contributed by atoms with Crippen LogP contribution in [-0.4, -0.2) is 0 Å². The van der Waals surface area contributed by atoms with E-state index in [2.05, 4.69) is 102 Å². The molecule has 142 valence electrons. The third-order valence-corrected chi connectivity index (χ3v) is 6.05. The molecule has 0 bridgehead atoms. The van der Waals surface area contributed by atoms with E-state index in [0.29, 0.717) is 22.7 Å². The molecule has 0 saturated carbocycles. The Hall–Kier alpha value is -1.56. The normalized spacial score (nSPS) is 14.8. The topological polar surface area (TPSA) is 0 Å². The van der Waals surface area contributed by atoms with Gasteiger partial charge in [0.2, 0.25) is 0 Å². The predicted octanol–water partition coefficient (Wildman–Crippen LogP) is 8.21. The maximum absolute atomic E-state index is 2.46. The molecular weight excluding hydrogens is 312 g/mol. The molecule has 0 fully saturated rings. The zero-order valence-electron chi connectivity index (χ0n) is 17.8. The Labute approximate surface area is 162 Å². The van der Waals surface area contributed by atoms with E-state index >= 15 is 0 Å². The van der Waals surface area contributed by atoms with Crippen LogP contribution in [0.15, 0.2) is 60.7 Å². The molecule has 0 aromatic heterocycles. The summed E-state index contributed by atoms with van der Waals surface area (Å²) in [6.07, 6.45) is 4.97. The molecule has 0 heteroatoms. The van der Waals surface area contributed by atoms with E-state index in [9.17, 15) is 0 Å². The SMILES string of the molecule is CCC(C)(C)CC(CC(C)(C)CC(C)c1ccccc1)c1ccccc1. The van der Waals surface area contributed by atoms with E-state index in [0.717, 1.165) is 0 Å². The minimum absolute atomic E-state index is 0.319. The molecule has 2 aromatic carbocycles. The second kappa shape index (κ2) is 8.89. The quantitative estimate of drug-likeness (QED) is 0.427. The van der Waals surface area contributed by atoms with Crippen LogP contribution in [-0.2, 0) is 0 Å². The number of benzene rings is 2. The summed E-state index contributed by atoms with van der Waals surface area (Å²) in [6, 6.07) is 22.2. The van der Waals surface area contributed by atoms with Gasteiger partial charge < -0.3 is 0 Å². The standard InChI is InChI=1S/C26H38/c1-7-25(3,4)19-24(23-16-12-9-13-17-23)20-26(5,6)18-21(2)22-14-10-8-11-15-22/h8-17,21,24H,7,18-20H2,1-6H3. The van der Waals surface area contributed by atoms with Crippen molar-refractivity contribution >= 4 is 0 Å². The molecule has 0 N–H and O–H groups in total. The van der Waals surface area contributed by atoms with Gasteiger partial charge in [0.15, 0.2) is 0 Å². The number of hydrogen-bond acceptors (Lipinski definition) is 0. The van der Waals surface area contributed by atoms with Gasteiger partial charge in [-0.3, -0.25) is 0 Å². The fourth-order valence-electron chi connectivity index (χ4n) is 4.32. The van der Waals surface area contributed by atoms with Crippen molar-refractivity contribution in [2.24, 2.45) is 10.8 Å². The zero-order valence-corrected chi connectivity index (χ0v) is 17.8. The fraction of sp³-hybridized carbons (Fsp3) is 0.538.